The van der Waals surface area contributed by atoms with Crippen molar-refractivity contribution in [1.29, 1.82) is 0 Å². The minimum absolute atomic E-state index is 0.0350. The molecule has 0 bridgehead atoms. The van der Waals surface area contributed by atoms with Gasteiger partial charge in [-0.05, 0) is 36.8 Å². The number of nitrogen functional groups attached to an aromatic ring is 1. The summed E-state index contributed by atoms with van der Waals surface area (Å²) >= 11 is 1.96. The summed E-state index contributed by atoms with van der Waals surface area (Å²) in [6.07, 6.45) is 3.77. The van der Waals surface area contributed by atoms with E-state index in [-0.39, 0.29) is 5.91 Å². The molecule has 1 saturated heterocycles. The number of benzene rings is 1. The Labute approximate surface area is 125 Å². The highest BCUT2D eigenvalue weighted by atomic mass is 32.2. The van der Waals surface area contributed by atoms with Crippen molar-refractivity contribution in [1.82, 2.24) is 5.32 Å². The van der Waals surface area contributed by atoms with Gasteiger partial charge in [0.2, 0.25) is 0 Å². The molecule has 0 radical (unpaired) electrons. The highest BCUT2D eigenvalue weighted by Gasteiger charge is 2.17. The van der Waals surface area contributed by atoms with E-state index < -0.39 is 0 Å². The van der Waals surface area contributed by atoms with Gasteiger partial charge in [-0.3, -0.25) is 4.79 Å². The number of nitrogens with zero attached hydrogens (tertiary/aromatic N) is 1. The van der Waals surface area contributed by atoms with E-state index in [1.54, 1.807) is 6.07 Å². The lowest BCUT2D eigenvalue weighted by molar-refractivity contribution is 0.0954. The molecule has 0 saturated carbocycles. The molecule has 4 nitrogen and oxygen atoms in total. The average molecular weight is 293 g/mol. The smallest absolute Gasteiger partial charge is 0.253 e. The molecule has 0 spiro atoms. The lowest BCUT2D eigenvalue weighted by Gasteiger charge is -2.22. The SMILES string of the molecule is CN(C)c1ccc(N)cc1C(=O)NCC1CCCCS1. The summed E-state index contributed by atoms with van der Waals surface area (Å²) in [5.74, 6) is 1.18. The van der Waals surface area contributed by atoms with E-state index >= 15 is 0 Å². The van der Waals surface area contributed by atoms with Crippen molar-refractivity contribution in [3.05, 3.63) is 23.8 Å². The standard InChI is InChI=1S/C15H23N3OS/c1-18(2)14-7-6-11(16)9-13(14)15(19)17-10-12-5-3-4-8-20-12/h6-7,9,12H,3-5,8,10,16H2,1-2H3,(H,17,19). The average Bonchev–Trinajstić information content (AvgIpc) is 2.45. The largest absolute Gasteiger partial charge is 0.399 e. The second-order valence-corrected chi connectivity index (χ2v) is 6.78. The van der Waals surface area contributed by atoms with Crippen LogP contribution in [0.5, 0.6) is 0 Å². The normalized spacial score (nSPS) is 18.6. The van der Waals surface area contributed by atoms with Gasteiger partial charge in [0.1, 0.15) is 0 Å². The van der Waals surface area contributed by atoms with Crippen molar-refractivity contribution >= 4 is 29.0 Å². The molecule has 1 aliphatic rings. The van der Waals surface area contributed by atoms with Crippen molar-refractivity contribution < 1.29 is 4.79 Å². The molecule has 1 unspecified atom stereocenters. The zero-order chi connectivity index (χ0) is 14.5. The Balaban J connectivity index is 2.02. The molecular weight excluding hydrogens is 270 g/mol. The summed E-state index contributed by atoms with van der Waals surface area (Å²) < 4.78 is 0. The highest BCUT2D eigenvalue weighted by Crippen LogP contribution is 2.25. The van der Waals surface area contributed by atoms with Gasteiger partial charge in [0.25, 0.3) is 5.91 Å². The fraction of sp³-hybridized carbons (Fsp3) is 0.533. The topological polar surface area (TPSA) is 58.4 Å². The van der Waals surface area contributed by atoms with Crippen molar-refractivity contribution in [2.75, 3.05) is 37.0 Å². The third-order valence-electron chi connectivity index (χ3n) is 3.51. The predicted octanol–water partition coefficient (Wildman–Crippen LogP) is 2.35. The highest BCUT2D eigenvalue weighted by molar-refractivity contribution is 7.99. The Bertz CT molecular complexity index is 470. The van der Waals surface area contributed by atoms with Crippen molar-refractivity contribution in [2.24, 2.45) is 0 Å². The van der Waals surface area contributed by atoms with E-state index in [2.05, 4.69) is 5.32 Å². The van der Waals surface area contributed by atoms with Gasteiger partial charge in [-0.2, -0.15) is 11.8 Å². The van der Waals surface area contributed by atoms with Crippen LogP contribution in [0, 0.1) is 0 Å². The van der Waals surface area contributed by atoms with Crippen molar-refractivity contribution in [3.8, 4) is 0 Å². The molecule has 5 heteroatoms. The first kappa shape index (κ1) is 15.0. The molecule has 1 aliphatic heterocycles. The van der Waals surface area contributed by atoms with Crippen LogP contribution < -0.4 is 16.0 Å². The summed E-state index contributed by atoms with van der Waals surface area (Å²) in [7, 11) is 3.86. The van der Waals surface area contributed by atoms with Crippen LogP contribution in [-0.2, 0) is 0 Å². The molecule has 1 amide bonds. The molecule has 1 aromatic rings. The predicted molar refractivity (Wildman–Crippen MR) is 87.6 cm³/mol. The first-order valence-corrected chi connectivity index (χ1v) is 8.09. The summed E-state index contributed by atoms with van der Waals surface area (Å²) in [6, 6.07) is 5.46. The Morgan fingerprint density at radius 2 is 2.25 bits per heavy atom. The zero-order valence-corrected chi connectivity index (χ0v) is 13.0. The van der Waals surface area contributed by atoms with Gasteiger partial charge >= 0.3 is 0 Å². The number of amides is 1. The van der Waals surface area contributed by atoms with Crippen molar-refractivity contribution in [3.63, 3.8) is 0 Å². The quantitative estimate of drug-likeness (QED) is 0.837. The summed E-state index contributed by atoms with van der Waals surface area (Å²) in [5.41, 5.74) is 7.97. The number of carbonyl (C=O) groups excluding carboxylic acids is 1. The van der Waals surface area contributed by atoms with Crippen LogP contribution in [0.2, 0.25) is 0 Å². The second-order valence-electron chi connectivity index (χ2n) is 5.37. The minimum Gasteiger partial charge on any atom is -0.399 e. The Morgan fingerprint density at radius 3 is 2.90 bits per heavy atom. The fourth-order valence-electron chi connectivity index (χ4n) is 2.40. The van der Waals surface area contributed by atoms with Crippen LogP contribution in [0.15, 0.2) is 18.2 Å². The zero-order valence-electron chi connectivity index (χ0n) is 12.2. The van der Waals surface area contributed by atoms with E-state index in [0.717, 1.165) is 12.2 Å². The van der Waals surface area contributed by atoms with Gasteiger partial charge < -0.3 is 16.0 Å². The molecule has 0 aromatic heterocycles. The number of carbonyl (C=O) groups is 1. The Kier molecular flexibility index (Phi) is 5.17. The molecule has 0 aliphatic carbocycles. The van der Waals surface area contributed by atoms with Crippen LogP contribution in [0.1, 0.15) is 29.6 Å². The van der Waals surface area contributed by atoms with E-state index in [1.807, 2.05) is 42.9 Å². The molecular formula is C15H23N3OS. The molecule has 110 valence electrons. The van der Waals surface area contributed by atoms with E-state index in [1.165, 1.54) is 25.0 Å². The number of nitrogens with one attached hydrogen (secondary N) is 1. The minimum atomic E-state index is -0.0350. The third-order valence-corrected chi connectivity index (χ3v) is 4.91. The Hall–Kier alpha value is -1.36. The molecule has 20 heavy (non-hydrogen) atoms. The number of hydrogen-bond acceptors (Lipinski definition) is 4. The first-order chi connectivity index (χ1) is 9.58. The van der Waals surface area contributed by atoms with E-state index in [9.17, 15) is 4.79 Å². The molecule has 3 N–H and O–H groups in total. The maximum atomic E-state index is 12.4. The number of rotatable bonds is 4. The lowest BCUT2D eigenvalue weighted by atomic mass is 10.1. The maximum Gasteiger partial charge on any atom is 0.253 e. The van der Waals surface area contributed by atoms with Crippen LogP contribution in [0.3, 0.4) is 0 Å². The van der Waals surface area contributed by atoms with Crippen molar-refractivity contribution in [2.45, 2.75) is 24.5 Å². The van der Waals surface area contributed by atoms with Gasteiger partial charge in [0.05, 0.1) is 5.56 Å². The third kappa shape index (κ3) is 3.82. The summed E-state index contributed by atoms with van der Waals surface area (Å²) in [6.45, 7) is 0.741. The summed E-state index contributed by atoms with van der Waals surface area (Å²) in [5, 5.41) is 3.60. The lowest BCUT2D eigenvalue weighted by Crippen LogP contribution is -2.32. The summed E-state index contributed by atoms with van der Waals surface area (Å²) in [4.78, 5) is 14.3. The fourth-order valence-corrected chi connectivity index (χ4v) is 3.63. The molecule has 2 rings (SSSR count). The van der Waals surface area contributed by atoms with Gasteiger partial charge in [-0.15, -0.1) is 0 Å². The second kappa shape index (κ2) is 6.88. The van der Waals surface area contributed by atoms with Crippen LogP contribution in [0.4, 0.5) is 11.4 Å². The maximum absolute atomic E-state index is 12.4. The number of hydrogen-bond donors (Lipinski definition) is 2. The van der Waals surface area contributed by atoms with E-state index in [4.69, 9.17) is 5.73 Å². The Morgan fingerprint density at radius 1 is 1.45 bits per heavy atom. The number of thioether (sulfide) groups is 1. The van der Waals surface area contributed by atoms with Crippen LogP contribution in [0.25, 0.3) is 0 Å². The molecule has 1 aromatic carbocycles. The molecule has 1 heterocycles. The van der Waals surface area contributed by atoms with Gasteiger partial charge in [-0.1, -0.05) is 6.42 Å². The van der Waals surface area contributed by atoms with Crippen LogP contribution in [-0.4, -0.2) is 37.6 Å². The molecule has 1 atom stereocenters. The first-order valence-electron chi connectivity index (χ1n) is 7.04. The monoisotopic (exact) mass is 293 g/mol. The van der Waals surface area contributed by atoms with Crippen LogP contribution >= 0.6 is 11.8 Å². The van der Waals surface area contributed by atoms with Gasteiger partial charge in [0, 0.05) is 37.3 Å². The molecule has 1 fully saturated rings. The van der Waals surface area contributed by atoms with Gasteiger partial charge in [-0.25, -0.2) is 0 Å². The number of nitrogens with two attached hydrogens (primary N) is 1. The van der Waals surface area contributed by atoms with Gasteiger partial charge in [0.15, 0.2) is 0 Å². The number of anilines is 2. The van der Waals surface area contributed by atoms with E-state index in [0.29, 0.717) is 16.5 Å².